The molecule has 0 fully saturated rings. The zero-order chi connectivity index (χ0) is 27.0. The number of phenols is 1. The quantitative estimate of drug-likeness (QED) is 0.414. The van der Waals surface area contributed by atoms with E-state index in [9.17, 15) is 24.6 Å². The second-order valence-electron chi connectivity index (χ2n) is 9.29. The first-order valence-corrected chi connectivity index (χ1v) is 11.5. The SMILES string of the molecule is COc1ccc(NC(=O)C(c2ccc(O)c(C)c2)N(CCO)C(=O)C(C)NC(=O)OC(C)(C)C)cc1. The smallest absolute Gasteiger partial charge is 0.408 e. The molecule has 0 saturated heterocycles. The highest BCUT2D eigenvalue weighted by Gasteiger charge is 2.34. The molecule has 10 heteroatoms. The summed E-state index contributed by atoms with van der Waals surface area (Å²) in [6.07, 6.45) is -0.785. The number of aliphatic hydroxyl groups is 1. The minimum absolute atomic E-state index is 0.0352. The summed E-state index contributed by atoms with van der Waals surface area (Å²) in [5.41, 5.74) is 0.633. The zero-order valence-electron chi connectivity index (χ0n) is 21.5. The lowest BCUT2D eigenvalue weighted by Gasteiger charge is -2.33. The van der Waals surface area contributed by atoms with Gasteiger partial charge < -0.3 is 35.2 Å². The van der Waals surface area contributed by atoms with E-state index in [1.807, 2.05) is 0 Å². The number of aryl methyl sites for hydroxylation is 1. The van der Waals surface area contributed by atoms with Crippen LogP contribution in [0, 0.1) is 6.92 Å². The average molecular weight is 502 g/mol. The van der Waals surface area contributed by atoms with E-state index in [4.69, 9.17) is 9.47 Å². The van der Waals surface area contributed by atoms with E-state index in [2.05, 4.69) is 10.6 Å². The van der Waals surface area contributed by atoms with Crippen molar-refractivity contribution in [2.75, 3.05) is 25.6 Å². The van der Waals surface area contributed by atoms with Gasteiger partial charge in [0.25, 0.3) is 5.91 Å². The highest BCUT2D eigenvalue weighted by atomic mass is 16.6. The number of alkyl carbamates (subject to hydrolysis) is 1. The Labute approximate surface area is 211 Å². The molecule has 0 radical (unpaired) electrons. The number of methoxy groups -OCH3 is 1. The summed E-state index contributed by atoms with van der Waals surface area (Å²) >= 11 is 0. The molecule has 36 heavy (non-hydrogen) atoms. The van der Waals surface area contributed by atoms with E-state index in [0.717, 1.165) is 0 Å². The predicted octanol–water partition coefficient (Wildman–Crippen LogP) is 3.12. The maximum atomic E-state index is 13.5. The summed E-state index contributed by atoms with van der Waals surface area (Å²) < 4.78 is 10.4. The highest BCUT2D eigenvalue weighted by molar-refractivity contribution is 5.99. The van der Waals surface area contributed by atoms with Crippen LogP contribution in [0.1, 0.15) is 44.9 Å². The number of rotatable bonds is 9. The molecule has 2 unspecified atom stereocenters. The van der Waals surface area contributed by atoms with Crippen LogP contribution in [-0.4, -0.2) is 64.9 Å². The molecule has 0 bridgehead atoms. The summed E-state index contributed by atoms with van der Waals surface area (Å²) in [6.45, 7) is 7.63. The van der Waals surface area contributed by atoms with E-state index >= 15 is 0 Å². The molecule has 0 aliphatic heterocycles. The van der Waals surface area contributed by atoms with Crippen molar-refractivity contribution in [1.29, 1.82) is 0 Å². The van der Waals surface area contributed by atoms with Gasteiger partial charge in [-0.2, -0.15) is 0 Å². The van der Waals surface area contributed by atoms with Gasteiger partial charge in [-0.15, -0.1) is 0 Å². The molecule has 3 amide bonds. The van der Waals surface area contributed by atoms with Gasteiger partial charge in [-0.25, -0.2) is 4.79 Å². The summed E-state index contributed by atoms with van der Waals surface area (Å²) in [6, 6.07) is 9.00. The van der Waals surface area contributed by atoms with E-state index in [1.54, 1.807) is 58.0 Å². The van der Waals surface area contributed by atoms with Gasteiger partial charge in [0.2, 0.25) is 5.91 Å². The lowest BCUT2D eigenvalue weighted by atomic mass is 10.00. The zero-order valence-corrected chi connectivity index (χ0v) is 21.5. The molecule has 0 aromatic heterocycles. The molecule has 0 heterocycles. The van der Waals surface area contributed by atoms with Crippen molar-refractivity contribution in [2.24, 2.45) is 0 Å². The van der Waals surface area contributed by atoms with Gasteiger partial charge in [0.05, 0.1) is 13.7 Å². The first-order valence-electron chi connectivity index (χ1n) is 11.5. The number of aliphatic hydroxyl groups excluding tert-OH is 1. The normalized spacial score (nSPS) is 12.8. The number of carbonyl (C=O) groups excluding carboxylic acids is 3. The number of amides is 3. The van der Waals surface area contributed by atoms with Crippen molar-refractivity contribution in [3.63, 3.8) is 0 Å². The van der Waals surface area contributed by atoms with Crippen LogP contribution in [-0.2, 0) is 14.3 Å². The Hall–Kier alpha value is -3.79. The van der Waals surface area contributed by atoms with Gasteiger partial charge in [0, 0.05) is 12.2 Å². The van der Waals surface area contributed by atoms with Crippen LogP contribution in [0.3, 0.4) is 0 Å². The molecule has 0 aliphatic rings. The van der Waals surface area contributed by atoms with Crippen LogP contribution < -0.4 is 15.4 Å². The molecule has 2 aromatic carbocycles. The molecular formula is C26H35N3O7. The Bertz CT molecular complexity index is 1060. The Morgan fingerprint density at radius 2 is 1.72 bits per heavy atom. The number of hydrogen-bond acceptors (Lipinski definition) is 7. The molecule has 196 valence electrons. The summed E-state index contributed by atoms with van der Waals surface area (Å²) in [5, 5.41) is 25.0. The Morgan fingerprint density at radius 1 is 1.08 bits per heavy atom. The van der Waals surface area contributed by atoms with Crippen molar-refractivity contribution < 1.29 is 34.1 Å². The summed E-state index contributed by atoms with van der Waals surface area (Å²) in [5.74, 6) is -0.502. The number of hydrogen-bond donors (Lipinski definition) is 4. The average Bonchev–Trinajstić information content (AvgIpc) is 2.79. The summed E-state index contributed by atoms with van der Waals surface area (Å²) in [4.78, 5) is 40.4. The van der Waals surface area contributed by atoms with E-state index in [-0.39, 0.29) is 12.3 Å². The van der Waals surface area contributed by atoms with Crippen molar-refractivity contribution in [3.8, 4) is 11.5 Å². The molecule has 0 saturated carbocycles. The van der Waals surface area contributed by atoms with Gasteiger partial charge in [-0.3, -0.25) is 9.59 Å². The number of aromatic hydroxyl groups is 1. The molecular weight excluding hydrogens is 466 g/mol. The minimum Gasteiger partial charge on any atom is -0.508 e. The van der Waals surface area contributed by atoms with Gasteiger partial charge >= 0.3 is 6.09 Å². The largest absolute Gasteiger partial charge is 0.508 e. The Morgan fingerprint density at radius 3 is 2.25 bits per heavy atom. The van der Waals surface area contributed by atoms with Gasteiger partial charge in [-0.1, -0.05) is 6.07 Å². The molecule has 4 N–H and O–H groups in total. The summed E-state index contributed by atoms with van der Waals surface area (Å²) in [7, 11) is 1.53. The topological polar surface area (TPSA) is 137 Å². The number of nitrogens with one attached hydrogen (secondary N) is 2. The second kappa shape index (κ2) is 12.3. The highest BCUT2D eigenvalue weighted by Crippen LogP contribution is 2.28. The monoisotopic (exact) mass is 501 g/mol. The standard InChI is InChI=1S/C26H35N3O7/c1-16-15-18(7-12-21(16)31)22(23(32)28-19-8-10-20(35-6)11-9-19)29(13-14-30)24(33)17(2)27-25(34)36-26(3,4)5/h7-12,15,17,22,30-31H,13-14H2,1-6H3,(H,27,34)(H,28,32). The van der Waals surface area contributed by atoms with Crippen molar-refractivity contribution in [3.05, 3.63) is 53.6 Å². The van der Waals surface area contributed by atoms with E-state index in [0.29, 0.717) is 22.6 Å². The maximum Gasteiger partial charge on any atom is 0.408 e. The van der Waals surface area contributed by atoms with Crippen molar-refractivity contribution in [1.82, 2.24) is 10.2 Å². The third kappa shape index (κ3) is 7.88. The third-order valence-corrected chi connectivity index (χ3v) is 5.18. The molecule has 0 aliphatic carbocycles. The first-order chi connectivity index (χ1) is 16.9. The molecule has 0 spiro atoms. The lowest BCUT2D eigenvalue weighted by Crippen LogP contribution is -2.52. The van der Waals surface area contributed by atoms with Gasteiger partial charge in [0.15, 0.2) is 0 Å². The van der Waals surface area contributed by atoms with Crippen molar-refractivity contribution >= 4 is 23.6 Å². The van der Waals surface area contributed by atoms with Crippen LogP contribution >= 0.6 is 0 Å². The first kappa shape index (κ1) is 28.4. The number of phenolic OH excluding ortho intramolecular Hbond substituents is 1. The molecule has 10 nitrogen and oxygen atoms in total. The van der Waals surface area contributed by atoms with Gasteiger partial charge in [0.1, 0.15) is 29.2 Å². The lowest BCUT2D eigenvalue weighted by molar-refractivity contribution is -0.141. The van der Waals surface area contributed by atoms with Gasteiger partial charge in [-0.05, 0) is 82.1 Å². The van der Waals surface area contributed by atoms with Crippen LogP contribution in [0.2, 0.25) is 0 Å². The fraction of sp³-hybridized carbons (Fsp3) is 0.423. The van der Waals surface area contributed by atoms with E-state index in [1.165, 1.54) is 31.1 Å². The predicted molar refractivity (Wildman–Crippen MR) is 135 cm³/mol. The Balaban J connectivity index is 2.41. The Kier molecular flexibility index (Phi) is 9.68. The minimum atomic E-state index is -1.17. The second-order valence-corrected chi connectivity index (χ2v) is 9.29. The molecule has 2 atom stereocenters. The number of anilines is 1. The van der Waals surface area contributed by atoms with Crippen LogP contribution in [0.25, 0.3) is 0 Å². The fourth-order valence-corrected chi connectivity index (χ4v) is 3.48. The molecule has 2 aromatic rings. The van der Waals surface area contributed by atoms with Crippen LogP contribution in [0.4, 0.5) is 10.5 Å². The van der Waals surface area contributed by atoms with E-state index < -0.39 is 42.2 Å². The fourth-order valence-electron chi connectivity index (χ4n) is 3.48. The third-order valence-electron chi connectivity index (χ3n) is 5.18. The number of benzene rings is 2. The maximum absolute atomic E-state index is 13.5. The van der Waals surface area contributed by atoms with Crippen molar-refractivity contribution in [2.45, 2.75) is 52.3 Å². The molecule has 2 rings (SSSR count). The number of carbonyl (C=O) groups is 3. The van der Waals surface area contributed by atoms with Crippen LogP contribution in [0.5, 0.6) is 11.5 Å². The number of nitrogens with zero attached hydrogens (tertiary/aromatic N) is 1. The van der Waals surface area contributed by atoms with Crippen LogP contribution in [0.15, 0.2) is 42.5 Å². The number of ether oxygens (including phenoxy) is 2.